The molecule has 0 bridgehead atoms. The Morgan fingerprint density at radius 2 is 1.17 bits per heavy atom. The average molecular weight is 715 g/mol. The van der Waals surface area contributed by atoms with Crippen LogP contribution in [0.25, 0.3) is 0 Å². The normalized spacial score (nSPS) is 12.9. The molecular formula is C34H44KO10PS. The number of hydrogen-bond acceptors (Lipinski definition) is 10. The van der Waals surface area contributed by atoms with Crippen molar-refractivity contribution in [2.24, 2.45) is 0 Å². The first kappa shape index (κ1) is 43.3. The molecule has 0 fully saturated rings. The average Bonchev–Trinajstić information content (AvgIpc) is 3.00. The van der Waals surface area contributed by atoms with Crippen molar-refractivity contribution in [1.82, 2.24) is 0 Å². The molecule has 2 rings (SSSR count). The van der Waals surface area contributed by atoms with Gasteiger partial charge in [0.15, 0.2) is 4.99 Å². The number of carbonyl (C=O) groups excluding carboxylic acids is 2. The van der Waals surface area contributed by atoms with Crippen LogP contribution in [0.2, 0.25) is 0 Å². The Labute approximate surface area is 321 Å². The number of carbonyl (C=O) groups is 2. The molecule has 1 atom stereocenters. The largest absolute Gasteiger partial charge is 1.00 e. The van der Waals surface area contributed by atoms with E-state index in [2.05, 4.69) is 32.9 Å². The third-order valence-electron chi connectivity index (χ3n) is 6.82. The molecule has 0 amide bonds. The van der Waals surface area contributed by atoms with E-state index in [1.165, 1.54) is 35.4 Å². The van der Waals surface area contributed by atoms with Gasteiger partial charge in [0.05, 0.1) is 11.1 Å². The fourth-order valence-electron chi connectivity index (χ4n) is 4.27. The molecule has 0 heterocycles. The Hall–Kier alpha value is -1.70. The molecular weight excluding hydrogens is 671 g/mol. The van der Waals surface area contributed by atoms with E-state index in [4.69, 9.17) is 18.5 Å². The molecule has 1 unspecified atom stereocenters. The van der Waals surface area contributed by atoms with Gasteiger partial charge in [0, 0.05) is 0 Å². The van der Waals surface area contributed by atoms with Gasteiger partial charge in [-0.2, -0.15) is 0 Å². The predicted molar refractivity (Wildman–Crippen MR) is 176 cm³/mol. The summed E-state index contributed by atoms with van der Waals surface area (Å²) in [7, 11) is -10.1. The van der Waals surface area contributed by atoms with Gasteiger partial charge in [-0.25, -0.2) is 18.0 Å². The molecule has 2 aromatic carbocycles. The molecule has 0 saturated heterocycles. The third-order valence-corrected chi connectivity index (χ3v) is 11.2. The van der Waals surface area contributed by atoms with Crippen molar-refractivity contribution in [3.63, 3.8) is 0 Å². The van der Waals surface area contributed by atoms with Crippen LogP contribution >= 0.6 is 7.60 Å². The summed E-state index contributed by atoms with van der Waals surface area (Å²) in [4.78, 5) is 22.5. The quantitative estimate of drug-likeness (QED) is 0.0337. The van der Waals surface area contributed by atoms with Gasteiger partial charge in [0.1, 0.15) is 10.1 Å². The van der Waals surface area contributed by atoms with Crippen LogP contribution in [0.3, 0.4) is 0 Å². The van der Waals surface area contributed by atoms with Crippen LogP contribution in [-0.4, -0.2) is 43.5 Å². The van der Waals surface area contributed by atoms with Crippen LogP contribution in [-0.2, 0) is 33.2 Å². The molecule has 0 radical (unpaired) electrons. The number of allylic oxidation sites excluding steroid dienone is 6. The second-order valence-electron chi connectivity index (χ2n) is 11.0. The smallest absolute Gasteiger partial charge is 0.747 e. The molecule has 13 heteroatoms. The molecule has 252 valence electrons. The van der Waals surface area contributed by atoms with Crippen LogP contribution in [0.15, 0.2) is 95.6 Å². The topological polar surface area (TPSA) is 145 Å². The van der Waals surface area contributed by atoms with E-state index in [9.17, 15) is 27.1 Å². The molecule has 2 aromatic rings. The van der Waals surface area contributed by atoms with Crippen molar-refractivity contribution < 1.29 is 97.0 Å². The standard InChI is InChI=1S/C34H45O10PS.K/c1-27(2)15-13-17-29(4)19-14-18-28(3)16-11-12-24-32(46(38,39)40)45(37,43-25-41-33(35)30-20-7-5-8-21-30)44-26-42-34(36)31-22-9-6-10-23-31;/h5-10,15-16,19-23,32H,11-14,17-18,24-26H2,1-4H3,(H,38,39,40);/q;+1/p-1/b28-16+,29-19+;. The number of rotatable bonds is 20. The van der Waals surface area contributed by atoms with Crippen molar-refractivity contribution in [3.8, 4) is 0 Å². The second-order valence-corrected chi connectivity index (χ2v) is 15.1. The van der Waals surface area contributed by atoms with E-state index < -0.39 is 48.2 Å². The Balaban J connectivity index is 0.0000110. The van der Waals surface area contributed by atoms with E-state index in [0.29, 0.717) is 6.42 Å². The molecule has 0 aliphatic carbocycles. The number of unbranched alkanes of at least 4 members (excludes halogenated alkanes) is 1. The summed E-state index contributed by atoms with van der Waals surface area (Å²) in [6.07, 6.45) is 10.3. The van der Waals surface area contributed by atoms with E-state index in [1.54, 1.807) is 36.4 Å². The molecule has 0 aliphatic heterocycles. The number of ether oxygens (including phenoxy) is 2. The minimum Gasteiger partial charge on any atom is -0.747 e. The maximum Gasteiger partial charge on any atom is 1.00 e. The maximum absolute atomic E-state index is 13.8. The Bertz CT molecular complexity index is 1440. The van der Waals surface area contributed by atoms with E-state index in [0.717, 1.165) is 31.3 Å². The van der Waals surface area contributed by atoms with Crippen molar-refractivity contribution in [3.05, 3.63) is 107 Å². The summed E-state index contributed by atoms with van der Waals surface area (Å²) in [5, 5.41) is 0. The predicted octanol–water partition coefficient (Wildman–Crippen LogP) is 5.31. The molecule has 0 aromatic heterocycles. The Morgan fingerprint density at radius 3 is 1.60 bits per heavy atom. The fraction of sp³-hybridized carbons (Fsp3) is 0.412. The van der Waals surface area contributed by atoms with Crippen molar-refractivity contribution in [2.45, 2.75) is 77.6 Å². The zero-order valence-corrected chi connectivity index (χ0v) is 32.7. The summed E-state index contributed by atoms with van der Waals surface area (Å²) in [5.41, 5.74) is 4.04. The van der Waals surface area contributed by atoms with Crippen LogP contribution in [0.4, 0.5) is 0 Å². The van der Waals surface area contributed by atoms with Crippen molar-refractivity contribution in [1.29, 1.82) is 0 Å². The minimum atomic E-state index is -5.24. The van der Waals surface area contributed by atoms with Crippen LogP contribution in [0, 0.1) is 0 Å². The summed E-state index contributed by atoms with van der Waals surface area (Å²) in [6, 6.07) is 15.7. The van der Waals surface area contributed by atoms with Crippen LogP contribution < -0.4 is 51.4 Å². The summed E-state index contributed by atoms with van der Waals surface area (Å²) in [5.74, 6) is -1.66. The van der Waals surface area contributed by atoms with Crippen LogP contribution in [0.5, 0.6) is 0 Å². The van der Waals surface area contributed by atoms with Gasteiger partial charge in [-0.3, -0.25) is 13.6 Å². The third kappa shape index (κ3) is 17.5. The maximum atomic E-state index is 13.8. The fourth-order valence-corrected chi connectivity index (χ4v) is 7.66. The van der Waals surface area contributed by atoms with Gasteiger partial charge in [0.25, 0.3) is 0 Å². The van der Waals surface area contributed by atoms with E-state index >= 15 is 0 Å². The first-order chi connectivity index (χ1) is 21.8. The summed E-state index contributed by atoms with van der Waals surface area (Å²) in [6.45, 7) is 6.29. The molecule has 0 spiro atoms. The summed E-state index contributed by atoms with van der Waals surface area (Å²) >= 11 is 0. The number of esters is 2. The SMILES string of the molecule is CC(C)=CCC/C(C)=C/CC/C(C)=C/CCCC(P(=O)(OCOC(=O)c1ccccc1)OCOC(=O)c1ccccc1)S(=O)(=O)[O-].[K+]. The van der Waals surface area contributed by atoms with Crippen LogP contribution in [0.1, 0.15) is 93.4 Å². The number of benzene rings is 2. The monoisotopic (exact) mass is 714 g/mol. The Morgan fingerprint density at radius 1 is 0.745 bits per heavy atom. The molecule has 0 aliphatic rings. The first-order valence-corrected chi connectivity index (χ1v) is 18.1. The van der Waals surface area contributed by atoms with Gasteiger partial charge in [-0.05, 0) is 96.9 Å². The van der Waals surface area contributed by atoms with E-state index in [-0.39, 0.29) is 75.4 Å². The second kappa shape index (κ2) is 22.8. The van der Waals surface area contributed by atoms with Gasteiger partial charge < -0.3 is 14.0 Å². The number of hydrogen-bond donors (Lipinski definition) is 0. The van der Waals surface area contributed by atoms with Crippen molar-refractivity contribution in [2.75, 3.05) is 13.6 Å². The molecule has 0 N–H and O–H groups in total. The van der Waals surface area contributed by atoms with Gasteiger partial charge >= 0.3 is 70.9 Å². The summed E-state index contributed by atoms with van der Waals surface area (Å²) < 4.78 is 71.2. The Kier molecular flexibility index (Phi) is 21.1. The minimum absolute atomic E-state index is 0. The van der Waals surface area contributed by atoms with Gasteiger partial charge in [-0.15, -0.1) is 0 Å². The first-order valence-electron chi connectivity index (χ1n) is 15.0. The van der Waals surface area contributed by atoms with Crippen molar-refractivity contribution >= 4 is 29.7 Å². The zero-order chi connectivity index (χ0) is 34.0. The molecule has 10 nitrogen and oxygen atoms in total. The van der Waals surface area contributed by atoms with Gasteiger partial charge in [0.2, 0.25) is 13.6 Å². The molecule has 47 heavy (non-hydrogen) atoms. The van der Waals surface area contributed by atoms with Gasteiger partial charge in [-0.1, -0.05) is 71.3 Å². The van der Waals surface area contributed by atoms with E-state index in [1.807, 2.05) is 13.0 Å². The molecule has 0 saturated carbocycles. The zero-order valence-electron chi connectivity index (χ0n) is 27.9.